The Morgan fingerprint density at radius 2 is 2.03 bits per heavy atom. The molecule has 0 bridgehead atoms. The molecular weight excluding hydrogens is 446 g/mol. The molecule has 0 aliphatic carbocycles. The maximum Gasteiger partial charge on any atom is 0.255 e. The van der Waals surface area contributed by atoms with Crippen LogP contribution in [0.4, 0.5) is 20.2 Å². The van der Waals surface area contributed by atoms with Gasteiger partial charge in [-0.05, 0) is 19.9 Å². The number of carbonyl (C=O) groups excluding carboxylic acids is 1. The van der Waals surface area contributed by atoms with Crippen molar-refractivity contribution in [3.8, 4) is 22.8 Å². The number of halogens is 2. The van der Waals surface area contributed by atoms with E-state index in [0.717, 1.165) is 12.1 Å². The van der Waals surface area contributed by atoms with Crippen molar-refractivity contribution in [2.75, 3.05) is 32.7 Å². The highest BCUT2D eigenvalue weighted by Crippen LogP contribution is 2.42. The highest BCUT2D eigenvalue weighted by atomic mass is 19.1. The van der Waals surface area contributed by atoms with Crippen LogP contribution in [0.15, 0.2) is 30.6 Å². The van der Waals surface area contributed by atoms with Crippen LogP contribution in [0.1, 0.15) is 29.9 Å². The Balaban J connectivity index is 1.85. The van der Waals surface area contributed by atoms with E-state index in [4.69, 9.17) is 14.2 Å². The lowest BCUT2D eigenvalue weighted by Crippen LogP contribution is -2.31. The number of aromatic nitrogens is 2. The zero-order chi connectivity index (χ0) is 24.5. The number of nitrogens with zero attached hydrogens (tertiary/aromatic N) is 1. The van der Waals surface area contributed by atoms with Crippen LogP contribution in [0.25, 0.3) is 11.3 Å². The highest BCUT2D eigenvalue weighted by molar-refractivity contribution is 6.06. The summed E-state index contributed by atoms with van der Waals surface area (Å²) in [5, 5.41) is 5.83. The Hall–Kier alpha value is -3.66. The van der Waals surface area contributed by atoms with Gasteiger partial charge in [0.25, 0.3) is 5.91 Å². The Morgan fingerprint density at radius 1 is 1.24 bits per heavy atom. The van der Waals surface area contributed by atoms with Crippen LogP contribution in [0, 0.1) is 11.6 Å². The molecule has 180 valence electrons. The van der Waals surface area contributed by atoms with Crippen LogP contribution in [-0.2, 0) is 11.2 Å². The minimum absolute atomic E-state index is 0.0402. The number of benzene rings is 1. The van der Waals surface area contributed by atoms with Crippen molar-refractivity contribution < 1.29 is 27.8 Å². The fraction of sp³-hybridized carbons (Fsp3) is 0.333. The van der Waals surface area contributed by atoms with Gasteiger partial charge in [0.1, 0.15) is 18.2 Å². The Kier molecular flexibility index (Phi) is 6.43. The number of amides is 1. The predicted molar refractivity (Wildman–Crippen MR) is 123 cm³/mol. The molecule has 1 aliphatic heterocycles. The van der Waals surface area contributed by atoms with Crippen LogP contribution in [0.2, 0.25) is 0 Å². The van der Waals surface area contributed by atoms with Gasteiger partial charge in [0.05, 0.1) is 41.5 Å². The summed E-state index contributed by atoms with van der Waals surface area (Å²) in [5.41, 5.74) is 2.01. The summed E-state index contributed by atoms with van der Waals surface area (Å²) in [4.78, 5) is 20.3. The van der Waals surface area contributed by atoms with Gasteiger partial charge in [0.15, 0.2) is 11.6 Å². The third-order valence-corrected chi connectivity index (χ3v) is 5.62. The SMILES string of the molecule is COc1c(F)cc(F)cc1Nc1c(-c2ccncc2OCC(C)(C)OC)[nH]c2c1C(=O)NCC2. The predicted octanol–water partition coefficient (Wildman–Crippen LogP) is 4.20. The molecule has 0 unspecified atom stereocenters. The van der Waals surface area contributed by atoms with Gasteiger partial charge >= 0.3 is 0 Å². The van der Waals surface area contributed by atoms with Gasteiger partial charge in [-0.25, -0.2) is 8.78 Å². The van der Waals surface area contributed by atoms with Crippen molar-refractivity contribution in [2.45, 2.75) is 25.9 Å². The van der Waals surface area contributed by atoms with Gasteiger partial charge in [-0.3, -0.25) is 9.78 Å². The van der Waals surface area contributed by atoms with Crippen LogP contribution < -0.4 is 20.1 Å². The fourth-order valence-electron chi connectivity index (χ4n) is 3.71. The number of aromatic amines is 1. The molecule has 3 N–H and O–H groups in total. The zero-order valence-electron chi connectivity index (χ0n) is 19.3. The van der Waals surface area contributed by atoms with Gasteiger partial charge in [-0.15, -0.1) is 0 Å². The van der Waals surface area contributed by atoms with E-state index >= 15 is 0 Å². The molecule has 10 heteroatoms. The standard InChI is InChI=1S/C24H26F2N4O4/c1-24(2,33-4)12-34-18-11-27-7-5-14(18)20-21(19-16(29-20)6-8-28-23(19)31)30-17-10-13(25)9-15(26)22(17)32-3/h5,7,9-11,29-30H,6,8,12H2,1-4H3,(H,28,31). The van der Waals surface area contributed by atoms with Crippen molar-refractivity contribution in [1.82, 2.24) is 15.3 Å². The summed E-state index contributed by atoms with van der Waals surface area (Å²) in [6.45, 7) is 4.48. The van der Waals surface area contributed by atoms with Gasteiger partial charge in [0, 0.05) is 49.7 Å². The second kappa shape index (κ2) is 9.30. The molecule has 0 saturated heterocycles. The van der Waals surface area contributed by atoms with Crippen molar-refractivity contribution in [1.29, 1.82) is 0 Å². The summed E-state index contributed by atoms with van der Waals surface area (Å²) < 4.78 is 45.0. The van der Waals surface area contributed by atoms with Crippen LogP contribution in [0.3, 0.4) is 0 Å². The molecule has 0 atom stereocenters. The lowest BCUT2D eigenvalue weighted by Gasteiger charge is -2.23. The minimum atomic E-state index is -0.866. The lowest BCUT2D eigenvalue weighted by molar-refractivity contribution is -0.0146. The maximum absolute atomic E-state index is 14.4. The van der Waals surface area contributed by atoms with E-state index in [1.54, 1.807) is 25.6 Å². The molecule has 1 aromatic carbocycles. The van der Waals surface area contributed by atoms with Gasteiger partial charge in [0.2, 0.25) is 0 Å². The fourth-order valence-corrected chi connectivity index (χ4v) is 3.71. The number of carbonyl (C=O) groups is 1. The van der Waals surface area contributed by atoms with Gasteiger partial charge in [-0.2, -0.15) is 0 Å². The van der Waals surface area contributed by atoms with Crippen molar-refractivity contribution in [3.05, 3.63) is 53.5 Å². The number of anilines is 2. The van der Waals surface area contributed by atoms with E-state index in [-0.39, 0.29) is 24.0 Å². The van der Waals surface area contributed by atoms with Gasteiger partial charge < -0.3 is 29.8 Å². The normalized spacial score (nSPS) is 13.3. The number of H-pyrrole nitrogens is 1. The van der Waals surface area contributed by atoms with E-state index in [0.29, 0.717) is 46.9 Å². The number of hydrogen-bond acceptors (Lipinski definition) is 6. The Morgan fingerprint density at radius 3 is 2.76 bits per heavy atom. The monoisotopic (exact) mass is 472 g/mol. The first kappa shape index (κ1) is 23.5. The number of nitrogens with one attached hydrogen (secondary N) is 3. The lowest BCUT2D eigenvalue weighted by atomic mass is 10.0. The molecule has 0 fully saturated rings. The smallest absolute Gasteiger partial charge is 0.255 e. The molecule has 8 nitrogen and oxygen atoms in total. The average molecular weight is 472 g/mol. The summed E-state index contributed by atoms with van der Waals surface area (Å²) >= 11 is 0. The molecule has 1 aliphatic rings. The Bertz CT molecular complexity index is 1230. The summed E-state index contributed by atoms with van der Waals surface area (Å²) in [5.74, 6) is -1.68. The maximum atomic E-state index is 14.4. The first-order valence-corrected chi connectivity index (χ1v) is 10.7. The highest BCUT2D eigenvalue weighted by Gasteiger charge is 2.29. The number of hydrogen-bond donors (Lipinski definition) is 3. The molecule has 2 aromatic heterocycles. The Labute approximate surface area is 195 Å². The molecule has 34 heavy (non-hydrogen) atoms. The summed E-state index contributed by atoms with van der Waals surface area (Å²) in [6, 6.07) is 3.58. The number of methoxy groups -OCH3 is 2. The molecule has 0 radical (unpaired) electrons. The molecule has 0 saturated carbocycles. The first-order chi connectivity index (χ1) is 16.2. The van der Waals surface area contributed by atoms with Crippen molar-refractivity contribution in [2.24, 2.45) is 0 Å². The van der Waals surface area contributed by atoms with Crippen LogP contribution in [-0.4, -0.2) is 48.8 Å². The number of ether oxygens (including phenoxy) is 3. The largest absolute Gasteiger partial charge is 0.492 e. The van der Waals surface area contributed by atoms with E-state index in [2.05, 4.69) is 20.6 Å². The first-order valence-electron chi connectivity index (χ1n) is 10.7. The molecule has 3 aromatic rings. The topological polar surface area (TPSA) is 97.5 Å². The number of fused-ring (bicyclic) bond motifs is 1. The molecule has 3 heterocycles. The zero-order valence-corrected chi connectivity index (χ0v) is 19.3. The molecule has 1 amide bonds. The van der Waals surface area contributed by atoms with Gasteiger partial charge in [-0.1, -0.05) is 0 Å². The van der Waals surface area contributed by atoms with E-state index in [1.165, 1.54) is 7.11 Å². The van der Waals surface area contributed by atoms with Crippen LogP contribution >= 0.6 is 0 Å². The third kappa shape index (κ3) is 4.54. The quantitative estimate of drug-likeness (QED) is 0.455. The second-order valence-electron chi connectivity index (χ2n) is 8.45. The number of rotatable bonds is 8. The molecule has 0 spiro atoms. The van der Waals surface area contributed by atoms with Crippen molar-refractivity contribution in [3.63, 3.8) is 0 Å². The summed E-state index contributed by atoms with van der Waals surface area (Å²) in [7, 11) is 2.88. The average Bonchev–Trinajstić information content (AvgIpc) is 3.17. The van der Waals surface area contributed by atoms with E-state index in [9.17, 15) is 13.6 Å². The van der Waals surface area contributed by atoms with E-state index in [1.807, 2.05) is 13.8 Å². The summed E-state index contributed by atoms with van der Waals surface area (Å²) in [6.07, 6.45) is 3.71. The molecular formula is C24H26F2N4O4. The number of pyridine rings is 1. The second-order valence-corrected chi connectivity index (χ2v) is 8.45. The molecule has 4 rings (SSSR count). The van der Waals surface area contributed by atoms with E-state index < -0.39 is 17.2 Å². The van der Waals surface area contributed by atoms with Crippen molar-refractivity contribution >= 4 is 17.3 Å². The van der Waals surface area contributed by atoms with Crippen LogP contribution in [0.5, 0.6) is 11.5 Å². The third-order valence-electron chi connectivity index (χ3n) is 5.62. The minimum Gasteiger partial charge on any atom is -0.492 e.